The van der Waals surface area contributed by atoms with Crippen LogP contribution in [0.2, 0.25) is 0 Å². The van der Waals surface area contributed by atoms with Gasteiger partial charge in [0.2, 0.25) is 5.91 Å². The number of benzene rings is 1. The average molecular weight is 367 g/mol. The fourth-order valence-electron chi connectivity index (χ4n) is 3.26. The van der Waals surface area contributed by atoms with Crippen molar-refractivity contribution >= 4 is 16.8 Å². The summed E-state index contributed by atoms with van der Waals surface area (Å²) in [4.78, 5) is 16.7. The van der Waals surface area contributed by atoms with E-state index in [9.17, 15) is 9.90 Å². The lowest BCUT2D eigenvalue weighted by molar-refractivity contribution is -0.122. The van der Waals surface area contributed by atoms with Gasteiger partial charge in [0, 0.05) is 44.2 Å². The third-order valence-electron chi connectivity index (χ3n) is 4.83. The van der Waals surface area contributed by atoms with Gasteiger partial charge in [-0.25, -0.2) is 4.68 Å². The van der Waals surface area contributed by atoms with Crippen molar-refractivity contribution in [3.05, 3.63) is 54.0 Å². The van der Waals surface area contributed by atoms with Crippen molar-refractivity contribution < 1.29 is 14.6 Å². The third kappa shape index (κ3) is 3.81. The molecule has 8 heteroatoms. The summed E-state index contributed by atoms with van der Waals surface area (Å²) in [6, 6.07) is 9.77. The first kappa shape index (κ1) is 17.6. The van der Waals surface area contributed by atoms with Gasteiger partial charge in [0.1, 0.15) is 17.8 Å². The van der Waals surface area contributed by atoms with Crippen molar-refractivity contribution in [1.29, 1.82) is 0 Å². The highest BCUT2D eigenvalue weighted by molar-refractivity contribution is 5.82. The Bertz CT molecular complexity index is 944. The van der Waals surface area contributed by atoms with E-state index >= 15 is 0 Å². The number of aliphatic hydroxyl groups is 1. The lowest BCUT2D eigenvalue weighted by Crippen LogP contribution is -2.33. The van der Waals surface area contributed by atoms with Crippen molar-refractivity contribution in [2.75, 3.05) is 13.2 Å². The molecule has 2 N–H and O–H groups in total. The summed E-state index contributed by atoms with van der Waals surface area (Å²) in [7, 11) is 0. The van der Waals surface area contributed by atoms with E-state index in [0.29, 0.717) is 38.3 Å². The van der Waals surface area contributed by atoms with E-state index < -0.39 is 5.60 Å². The second-order valence-corrected chi connectivity index (χ2v) is 6.71. The van der Waals surface area contributed by atoms with Crippen molar-refractivity contribution in [1.82, 2.24) is 25.3 Å². The number of amides is 1. The summed E-state index contributed by atoms with van der Waals surface area (Å²) in [5.74, 6) is -0.182. The molecule has 2 aromatic heterocycles. The summed E-state index contributed by atoms with van der Waals surface area (Å²) >= 11 is 0. The number of hydrogen-bond donors (Lipinski definition) is 2. The largest absolute Gasteiger partial charge is 0.383 e. The summed E-state index contributed by atoms with van der Waals surface area (Å²) in [5.41, 5.74) is 1.29. The van der Waals surface area contributed by atoms with Crippen molar-refractivity contribution in [3.63, 3.8) is 0 Å². The van der Waals surface area contributed by atoms with Crippen LogP contribution in [0.25, 0.3) is 10.9 Å². The molecule has 0 saturated carbocycles. The number of hydrogen-bond acceptors (Lipinski definition) is 6. The normalized spacial score (nSPS) is 16.3. The van der Waals surface area contributed by atoms with Crippen LogP contribution in [0, 0.1) is 0 Å². The first-order chi connectivity index (χ1) is 13.1. The fraction of sp³-hybridized carbons (Fsp3) is 0.368. The predicted molar refractivity (Wildman–Crippen MR) is 97.6 cm³/mol. The quantitative estimate of drug-likeness (QED) is 0.701. The Kier molecular flexibility index (Phi) is 4.83. The second kappa shape index (κ2) is 7.42. The SMILES string of the molecule is O=C(Cn1cc(C2(O)CCOCC2)nn1)NCc1cccc2cccnc12. The van der Waals surface area contributed by atoms with Gasteiger partial charge in [0.25, 0.3) is 0 Å². The molecule has 0 atom stereocenters. The maximum Gasteiger partial charge on any atom is 0.242 e. The molecule has 27 heavy (non-hydrogen) atoms. The van der Waals surface area contributed by atoms with E-state index in [4.69, 9.17) is 4.74 Å². The number of rotatable bonds is 5. The number of fused-ring (bicyclic) bond motifs is 1. The van der Waals surface area contributed by atoms with Gasteiger partial charge in [0.05, 0.1) is 11.7 Å². The maximum atomic E-state index is 12.3. The van der Waals surface area contributed by atoms with E-state index in [2.05, 4.69) is 20.6 Å². The van der Waals surface area contributed by atoms with Gasteiger partial charge in [-0.2, -0.15) is 0 Å². The molecule has 3 heterocycles. The van der Waals surface area contributed by atoms with Crippen LogP contribution < -0.4 is 5.32 Å². The predicted octanol–water partition coefficient (Wildman–Crippen LogP) is 1.14. The van der Waals surface area contributed by atoms with Crippen LogP contribution in [0.4, 0.5) is 0 Å². The lowest BCUT2D eigenvalue weighted by Gasteiger charge is -2.29. The number of nitrogens with one attached hydrogen (secondary N) is 1. The average Bonchev–Trinajstić information content (AvgIpc) is 3.16. The minimum Gasteiger partial charge on any atom is -0.383 e. The number of carbonyl (C=O) groups excluding carboxylic acids is 1. The van der Waals surface area contributed by atoms with Crippen LogP contribution in [-0.2, 0) is 28.2 Å². The Morgan fingerprint density at radius 1 is 1.26 bits per heavy atom. The van der Waals surface area contributed by atoms with Crippen LogP contribution in [0.1, 0.15) is 24.1 Å². The van der Waals surface area contributed by atoms with Crippen molar-refractivity contribution in [3.8, 4) is 0 Å². The molecule has 8 nitrogen and oxygen atoms in total. The summed E-state index contributed by atoms with van der Waals surface area (Å²) < 4.78 is 6.72. The summed E-state index contributed by atoms with van der Waals surface area (Å²) in [6.45, 7) is 1.40. The van der Waals surface area contributed by atoms with Gasteiger partial charge in [-0.3, -0.25) is 9.78 Å². The number of nitrogens with zero attached hydrogens (tertiary/aromatic N) is 4. The van der Waals surface area contributed by atoms with E-state index in [1.165, 1.54) is 4.68 Å². The molecule has 0 radical (unpaired) electrons. The van der Waals surface area contributed by atoms with Crippen LogP contribution in [0.15, 0.2) is 42.7 Å². The van der Waals surface area contributed by atoms with E-state index in [1.807, 2.05) is 30.3 Å². The van der Waals surface area contributed by atoms with Crippen molar-refractivity contribution in [2.45, 2.75) is 31.5 Å². The maximum absolute atomic E-state index is 12.3. The highest BCUT2D eigenvalue weighted by atomic mass is 16.5. The molecule has 1 aromatic carbocycles. The first-order valence-electron chi connectivity index (χ1n) is 8.94. The molecule has 1 aliphatic rings. The third-order valence-corrected chi connectivity index (χ3v) is 4.83. The van der Waals surface area contributed by atoms with Crippen LogP contribution in [-0.4, -0.2) is 44.2 Å². The van der Waals surface area contributed by atoms with Crippen molar-refractivity contribution in [2.24, 2.45) is 0 Å². The molecule has 0 aliphatic carbocycles. The van der Waals surface area contributed by atoms with Gasteiger partial charge in [-0.1, -0.05) is 29.5 Å². The number of para-hydroxylation sites is 1. The Morgan fingerprint density at radius 3 is 2.93 bits per heavy atom. The van der Waals surface area contributed by atoms with Gasteiger partial charge in [-0.05, 0) is 11.6 Å². The standard InChI is InChI=1S/C19H21N5O3/c25-17(21-11-15-4-1-3-14-5-2-8-20-18(14)15)13-24-12-16(22-23-24)19(26)6-9-27-10-7-19/h1-5,8,12,26H,6-7,9-11,13H2,(H,21,25). The Labute approximate surface area is 156 Å². The topological polar surface area (TPSA) is 102 Å². The number of ether oxygens (including phenoxy) is 1. The van der Waals surface area contributed by atoms with Gasteiger partial charge >= 0.3 is 0 Å². The minimum absolute atomic E-state index is 0.0395. The smallest absolute Gasteiger partial charge is 0.242 e. The zero-order chi connectivity index (χ0) is 18.7. The molecular weight excluding hydrogens is 346 g/mol. The highest BCUT2D eigenvalue weighted by Crippen LogP contribution is 2.30. The summed E-state index contributed by atoms with van der Waals surface area (Å²) in [5, 5.41) is 22.6. The first-order valence-corrected chi connectivity index (χ1v) is 8.94. The molecular formula is C19H21N5O3. The van der Waals surface area contributed by atoms with E-state index in [0.717, 1.165) is 16.5 Å². The lowest BCUT2D eigenvalue weighted by atomic mass is 9.91. The number of pyridine rings is 1. The zero-order valence-electron chi connectivity index (χ0n) is 14.8. The minimum atomic E-state index is -1.03. The van der Waals surface area contributed by atoms with Crippen LogP contribution in [0.5, 0.6) is 0 Å². The van der Waals surface area contributed by atoms with E-state index in [-0.39, 0.29) is 12.5 Å². The zero-order valence-corrected chi connectivity index (χ0v) is 14.8. The summed E-state index contributed by atoms with van der Waals surface area (Å²) in [6.07, 6.45) is 4.33. The number of aromatic nitrogens is 4. The second-order valence-electron chi connectivity index (χ2n) is 6.71. The molecule has 140 valence electrons. The molecule has 0 unspecified atom stereocenters. The Hall–Kier alpha value is -2.84. The molecule has 1 saturated heterocycles. The Morgan fingerprint density at radius 2 is 2.07 bits per heavy atom. The van der Waals surface area contributed by atoms with Gasteiger partial charge in [0.15, 0.2) is 0 Å². The molecule has 0 bridgehead atoms. The molecule has 4 rings (SSSR count). The molecule has 3 aromatic rings. The van der Waals surface area contributed by atoms with Gasteiger partial charge in [-0.15, -0.1) is 5.10 Å². The molecule has 1 fully saturated rings. The van der Waals surface area contributed by atoms with E-state index in [1.54, 1.807) is 12.4 Å². The van der Waals surface area contributed by atoms with Gasteiger partial charge < -0.3 is 15.2 Å². The number of carbonyl (C=O) groups is 1. The molecule has 1 aliphatic heterocycles. The van der Waals surface area contributed by atoms with Crippen LogP contribution in [0.3, 0.4) is 0 Å². The highest BCUT2D eigenvalue weighted by Gasteiger charge is 2.34. The monoisotopic (exact) mass is 367 g/mol. The fourth-order valence-corrected chi connectivity index (χ4v) is 3.26. The molecule has 1 amide bonds. The Balaban J connectivity index is 1.38. The van der Waals surface area contributed by atoms with Crippen LogP contribution >= 0.6 is 0 Å². The molecule has 0 spiro atoms.